The molecule has 1 N–H and O–H groups in total. The summed E-state index contributed by atoms with van der Waals surface area (Å²) in [4.78, 5) is 17.2. The van der Waals surface area contributed by atoms with E-state index in [1.54, 1.807) is 0 Å². The third-order valence-corrected chi connectivity index (χ3v) is 4.98. The van der Waals surface area contributed by atoms with Gasteiger partial charge in [0.2, 0.25) is 5.91 Å². The molecule has 1 atom stereocenters. The van der Waals surface area contributed by atoms with Gasteiger partial charge in [0.1, 0.15) is 0 Å². The van der Waals surface area contributed by atoms with Crippen LogP contribution in [0, 0.1) is 5.41 Å². The lowest BCUT2D eigenvalue weighted by Gasteiger charge is -2.40. The fourth-order valence-corrected chi connectivity index (χ4v) is 3.38. The summed E-state index contributed by atoms with van der Waals surface area (Å²) in [5.74, 6) is 0.334. The second kappa shape index (κ2) is 5.80. The number of hydrogen-bond acceptors (Lipinski definition) is 3. The largest absolute Gasteiger partial charge is 0.342 e. The smallest absolute Gasteiger partial charge is 0.229 e. The molecule has 0 aromatic heterocycles. The Morgan fingerprint density at radius 3 is 2.47 bits per heavy atom. The first-order chi connectivity index (χ1) is 8.94. The van der Waals surface area contributed by atoms with Crippen LogP contribution in [0.25, 0.3) is 0 Å². The molecule has 0 aliphatic carbocycles. The molecule has 4 heteroatoms. The molecule has 0 aromatic rings. The van der Waals surface area contributed by atoms with E-state index in [-0.39, 0.29) is 5.41 Å². The average molecular weight is 267 g/mol. The van der Waals surface area contributed by atoms with Crippen LogP contribution in [0.5, 0.6) is 0 Å². The van der Waals surface area contributed by atoms with Gasteiger partial charge in [0.05, 0.1) is 5.41 Å². The number of rotatable bonds is 3. The molecule has 0 bridgehead atoms. The van der Waals surface area contributed by atoms with Gasteiger partial charge in [0.25, 0.3) is 0 Å². The molecule has 0 saturated carbocycles. The van der Waals surface area contributed by atoms with Gasteiger partial charge in [-0.05, 0) is 46.6 Å². The monoisotopic (exact) mass is 267 g/mol. The van der Waals surface area contributed by atoms with Crippen molar-refractivity contribution in [2.24, 2.45) is 5.41 Å². The minimum Gasteiger partial charge on any atom is -0.342 e. The number of carbonyl (C=O) groups is 1. The van der Waals surface area contributed by atoms with Crippen LogP contribution in [0.1, 0.15) is 40.0 Å². The topological polar surface area (TPSA) is 35.6 Å². The summed E-state index contributed by atoms with van der Waals surface area (Å²) in [5, 5.41) is 3.32. The van der Waals surface area contributed by atoms with E-state index in [1.807, 2.05) is 11.9 Å². The lowest BCUT2D eigenvalue weighted by molar-refractivity contribution is -0.142. The van der Waals surface area contributed by atoms with Gasteiger partial charge in [0, 0.05) is 38.8 Å². The van der Waals surface area contributed by atoms with Gasteiger partial charge in [-0.3, -0.25) is 4.79 Å². The van der Waals surface area contributed by atoms with E-state index in [4.69, 9.17) is 0 Å². The number of likely N-dealkylation sites (tertiary alicyclic amines) is 1. The molecule has 2 saturated heterocycles. The van der Waals surface area contributed by atoms with E-state index in [2.05, 4.69) is 31.0 Å². The Morgan fingerprint density at radius 2 is 2.00 bits per heavy atom. The molecule has 2 aliphatic heterocycles. The molecule has 0 aromatic carbocycles. The van der Waals surface area contributed by atoms with Gasteiger partial charge >= 0.3 is 0 Å². The predicted octanol–water partition coefficient (Wildman–Crippen LogP) is 1.32. The van der Waals surface area contributed by atoms with Crippen LogP contribution in [0.3, 0.4) is 0 Å². The fourth-order valence-electron chi connectivity index (χ4n) is 3.38. The lowest BCUT2D eigenvalue weighted by Crippen LogP contribution is -2.51. The fraction of sp³-hybridized carbons (Fsp3) is 0.933. The number of amides is 1. The number of hydrogen-bond donors (Lipinski definition) is 1. The van der Waals surface area contributed by atoms with Crippen molar-refractivity contribution in [1.82, 2.24) is 15.1 Å². The number of carbonyl (C=O) groups excluding carboxylic acids is 1. The van der Waals surface area contributed by atoms with E-state index in [0.29, 0.717) is 18.0 Å². The van der Waals surface area contributed by atoms with Crippen LogP contribution in [-0.2, 0) is 4.79 Å². The molecular weight excluding hydrogens is 238 g/mol. The number of piperidine rings is 1. The van der Waals surface area contributed by atoms with Gasteiger partial charge in [-0.1, -0.05) is 0 Å². The Morgan fingerprint density at radius 1 is 1.37 bits per heavy atom. The van der Waals surface area contributed by atoms with Crippen molar-refractivity contribution in [2.45, 2.75) is 52.1 Å². The lowest BCUT2D eigenvalue weighted by atomic mass is 9.87. The molecule has 2 fully saturated rings. The molecule has 2 heterocycles. The van der Waals surface area contributed by atoms with E-state index < -0.39 is 0 Å². The first kappa shape index (κ1) is 14.8. The van der Waals surface area contributed by atoms with Crippen LogP contribution in [0.4, 0.5) is 0 Å². The zero-order chi connectivity index (χ0) is 14.0. The molecule has 1 amide bonds. The number of nitrogens with one attached hydrogen (secondary N) is 1. The zero-order valence-electron chi connectivity index (χ0n) is 12.9. The first-order valence-electron chi connectivity index (χ1n) is 7.66. The molecule has 0 spiro atoms. The summed E-state index contributed by atoms with van der Waals surface area (Å²) in [6, 6.07) is 1.05. The van der Waals surface area contributed by atoms with Crippen molar-refractivity contribution in [1.29, 1.82) is 0 Å². The maximum absolute atomic E-state index is 12.7. The van der Waals surface area contributed by atoms with Crippen LogP contribution in [0.2, 0.25) is 0 Å². The summed E-state index contributed by atoms with van der Waals surface area (Å²) in [6.45, 7) is 10.7. The van der Waals surface area contributed by atoms with E-state index >= 15 is 0 Å². The van der Waals surface area contributed by atoms with E-state index in [0.717, 1.165) is 45.4 Å². The highest BCUT2D eigenvalue weighted by molar-refractivity contribution is 5.83. The van der Waals surface area contributed by atoms with Crippen LogP contribution in [0.15, 0.2) is 0 Å². The minimum atomic E-state index is -0.177. The van der Waals surface area contributed by atoms with Gasteiger partial charge in [-0.15, -0.1) is 0 Å². The SMILES string of the molecule is CC(C)N1CCC(N(C)C(=O)C2(C)CCNC2)CC1. The highest BCUT2D eigenvalue weighted by Crippen LogP contribution is 2.29. The summed E-state index contributed by atoms with van der Waals surface area (Å²) < 4.78 is 0. The standard InChI is InChI=1S/C15H29N3O/c1-12(2)18-9-5-13(6-10-18)17(4)14(19)15(3)7-8-16-11-15/h12-13,16H,5-11H2,1-4H3. The first-order valence-corrected chi connectivity index (χ1v) is 7.66. The molecule has 0 radical (unpaired) electrons. The molecule has 1 unspecified atom stereocenters. The zero-order valence-corrected chi connectivity index (χ0v) is 12.9. The van der Waals surface area contributed by atoms with Crippen molar-refractivity contribution in [3.8, 4) is 0 Å². The quantitative estimate of drug-likeness (QED) is 0.837. The van der Waals surface area contributed by atoms with Crippen molar-refractivity contribution in [2.75, 3.05) is 33.2 Å². The van der Waals surface area contributed by atoms with Crippen LogP contribution in [-0.4, -0.2) is 61.0 Å². The van der Waals surface area contributed by atoms with Gasteiger partial charge in [-0.2, -0.15) is 0 Å². The Balaban J connectivity index is 1.90. The minimum absolute atomic E-state index is 0.177. The normalized spacial score (nSPS) is 29.9. The second-order valence-electron chi connectivity index (χ2n) is 6.76. The van der Waals surface area contributed by atoms with Crippen molar-refractivity contribution >= 4 is 5.91 Å². The maximum atomic E-state index is 12.7. The van der Waals surface area contributed by atoms with Crippen molar-refractivity contribution < 1.29 is 4.79 Å². The summed E-state index contributed by atoms with van der Waals surface area (Å²) in [7, 11) is 2.00. The van der Waals surface area contributed by atoms with Crippen LogP contribution < -0.4 is 5.32 Å². The molecule has 110 valence electrons. The van der Waals surface area contributed by atoms with E-state index in [1.165, 1.54) is 0 Å². The molecule has 19 heavy (non-hydrogen) atoms. The van der Waals surface area contributed by atoms with Gasteiger partial charge < -0.3 is 15.1 Å². The summed E-state index contributed by atoms with van der Waals surface area (Å²) >= 11 is 0. The van der Waals surface area contributed by atoms with E-state index in [9.17, 15) is 4.79 Å². The van der Waals surface area contributed by atoms with Gasteiger partial charge in [0.15, 0.2) is 0 Å². The summed E-state index contributed by atoms with van der Waals surface area (Å²) in [5.41, 5.74) is -0.177. The molecule has 2 rings (SSSR count). The van der Waals surface area contributed by atoms with Crippen LogP contribution >= 0.6 is 0 Å². The Bertz CT molecular complexity index is 315. The third-order valence-electron chi connectivity index (χ3n) is 4.98. The maximum Gasteiger partial charge on any atom is 0.229 e. The van der Waals surface area contributed by atoms with Crippen molar-refractivity contribution in [3.63, 3.8) is 0 Å². The third kappa shape index (κ3) is 3.11. The molecule has 2 aliphatic rings. The Labute approximate surface area is 117 Å². The van der Waals surface area contributed by atoms with Gasteiger partial charge in [-0.25, -0.2) is 0 Å². The van der Waals surface area contributed by atoms with Crippen molar-refractivity contribution in [3.05, 3.63) is 0 Å². The molecular formula is C15H29N3O. The second-order valence-corrected chi connectivity index (χ2v) is 6.76. The summed E-state index contributed by atoms with van der Waals surface area (Å²) in [6.07, 6.45) is 3.20. The molecule has 4 nitrogen and oxygen atoms in total. The predicted molar refractivity (Wildman–Crippen MR) is 78.1 cm³/mol. The Hall–Kier alpha value is -0.610. The highest BCUT2D eigenvalue weighted by atomic mass is 16.2. The average Bonchev–Trinajstić information content (AvgIpc) is 2.85. The number of nitrogens with zero attached hydrogens (tertiary/aromatic N) is 2. The Kier molecular flexibility index (Phi) is 4.51. The highest BCUT2D eigenvalue weighted by Gasteiger charge is 2.40.